The summed E-state index contributed by atoms with van der Waals surface area (Å²) in [5.41, 5.74) is 2.06. The van der Waals surface area contributed by atoms with Crippen molar-refractivity contribution in [1.82, 2.24) is 4.98 Å². The minimum atomic E-state index is -0.155. The van der Waals surface area contributed by atoms with E-state index in [0.29, 0.717) is 11.3 Å². The van der Waals surface area contributed by atoms with Crippen molar-refractivity contribution < 1.29 is 14.6 Å². The lowest BCUT2D eigenvalue weighted by Crippen LogP contribution is -2.15. The number of nitrogens with one attached hydrogen (secondary N) is 1. The smallest absolute Gasteiger partial charge is 0.228 e. The predicted octanol–water partition coefficient (Wildman–Crippen LogP) is 1.76. The number of hydrogen-bond donors (Lipinski definition) is 2. The van der Waals surface area contributed by atoms with Crippen molar-refractivity contribution in [3.63, 3.8) is 0 Å². The molecule has 2 rings (SSSR count). The number of hydrogen-bond acceptors (Lipinski definition) is 4. The van der Waals surface area contributed by atoms with Gasteiger partial charge in [0.25, 0.3) is 0 Å². The molecule has 1 aromatic carbocycles. The van der Waals surface area contributed by atoms with Crippen molar-refractivity contribution in [2.24, 2.45) is 0 Å². The quantitative estimate of drug-likeness (QED) is 0.870. The third-order valence-corrected chi connectivity index (χ3v) is 2.88. The van der Waals surface area contributed by atoms with Crippen LogP contribution in [0.5, 0.6) is 5.75 Å². The summed E-state index contributed by atoms with van der Waals surface area (Å²) < 4.78 is 5.06. The van der Waals surface area contributed by atoms with E-state index in [-0.39, 0.29) is 18.9 Å². The Kier molecular flexibility index (Phi) is 4.68. The molecule has 2 N–H and O–H groups in total. The van der Waals surface area contributed by atoms with Crippen LogP contribution in [0.15, 0.2) is 42.7 Å². The molecule has 5 nitrogen and oxygen atoms in total. The molecule has 104 valence electrons. The number of pyridine rings is 1. The van der Waals surface area contributed by atoms with Crippen LogP contribution in [-0.2, 0) is 17.8 Å². The molecule has 5 heteroatoms. The third-order valence-electron chi connectivity index (χ3n) is 2.88. The number of aliphatic hydroxyl groups excluding tert-OH is 1. The fraction of sp³-hybridized carbons (Fsp3) is 0.200. The summed E-state index contributed by atoms with van der Waals surface area (Å²) in [7, 11) is 1.60. The van der Waals surface area contributed by atoms with Gasteiger partial charge >= 0.3 is 0 Å². The summed E-state index contributed by atoms with van der Waals surface area (Å²) in [5, 5.41) is 11.9. The van der Waals surface area contributed by atoms with Gasteiger partial charge in [0.05, 0.1) is 32.0 Å². The number of amides is 1. The van der Waals surface area contributed by atoms with Gasteiger partial charge in [-0.1, -0.05) is 12.1 Å². The second kappa shape index (κ2) is 6.68. The number of carbonyl (C=O) groups is 1. The first-order valence-corrected chi connectivity index (χ1v) is 6.19. The SMILES string of the molecule is COc1ccc(CC(=O)Nc2cnccc2CO)cc1. The second-order valence-corrected chi connectivity index (χ2v) is 4.26. The Morgan fingerprint density at radius 3 is 2.70 bits per heavy atom. The lowest BCUT2D eigenvalue weighted by Gasteiger charge is -2.09. The van der Waals surface area contributed by atoms with Gasteiger partial charge in [0.2, 0.25) is 5.91 Å². The highest BCUT2D eigenvalue weighted by atomic mass is 16.5. The van der Waals surface area contributed by atoms with Crippen LogP contribution in [0.3, 0.4) is 0 Å². The first-order valence-electron chi connectivity index (χ1n) is 6.19. The first-order chi connectivity index (χ1) is 9.72. The molecule has 0 aliphatic rings. The van der Waals surface area contributed by atoms with Gasteiger partial charge in [0.1, 0.15) is 5.75 Å². The number of anilines is 1. The molecule has 0 atom stereocenters. The average molecular weight is 272 g/mol. The molecular weight excluding hydrogens is 256 g/mol. The van der Waals surface area contributed by atoms with Crippen molar-refractivity contribution in [2.45, 2.75) is 13.0 Å². The minimum absolute atomic E-state index is 0.138. The van der Waals surface area contributed by atoms with Gasteiger partial charge in [-0.3, -0.25) is 9.78 Å². The minimum Gasteiger partial charge on any atom is -0.497 e. The topological polar surface area (TPSA) is 71.5 Å². The molecule has 1 amide bonds. The molecule has 0 unspecified atom stereocenters. The Morgan fingerprint density at radius 2 is 2.05 bits per heavy atom. The Morgan fingerprint density at radius 1 is 1.30 bits per heavy atom. The predicted molar refractivity (Wildman–Crippen MR) is 75.5 cm³/mol. The molecule has 0 fully saturated rings. The maximum atomic E-state index is 12.0. The first kappa shape index (κ1) is 14.0. The summed E-state index contributed by atoms with van der Waals surface area (Å²) in [6.45, 7) is -0.138. The molecule has 20 heavy (non-hydrogen) atoms. The Balaban J connectivity index is 2.01. The molecule has 0 radical (unpaired) electrons. The number of benzene rings is 1. The fourth-order valence-electron chi connectivity index (χ4n) is 1.80. The zero-order valence-electron chi connectivity index (χ0n) is 11.2. The van der Waals surface area contributed by atoms with Crippen LogP contribution in [0, 0.1) is 0 Å². The lowest BCUT2D eigenvalue weighted by molar-refractivity contribution is -0.115. The molecule has 1 heterocycles. The van der Waals surface area contributed by atoms with Gasteiger partial charge in [0, 0.05) is 11.8 Å². The van der Waals surface area contributed by atoms with Gasteiger partial charge < -0.3 is 15.2 Å². The molecule has 0 bridgehead atoms. The molecule has 0 aliphatic carbocycles. The van der Waals surface area contributed by atoms with Crippen molar-refractivity contribution in [2.75, 3.05) is 12.4 Å². The third kappa shape index (κ3) is 3.55. The number of ether oxygens (including phenoxy) is 1. The Hall–Kier alpha value is -2.40. The largest absolute Gasteiger partial charge is 0.497 e. The fourth-order valence-corrected chi connectivity index (χ4v) is 1.80. The van der Waals surface area contributed by atoms with Crippen molar-refractivity contribution >= 4 is 11.6 Å². The van der Waals surface area contributed by atoms with Crippen LogP contribution in [0.1, 0.15) is 11.1 Å². The van der Waals surface area contributed by atoms with E-state index in [0.717, 1.165) is 11.3 Å². The summed E-state index contributed by atoms with van der Waals surface area (Å²) in [6, 6.07) is 8.98. The number of methoxy groups -OCH3 is 1. The van der Waals surface area contributed by atoms with E-state index in [9.17, 15) is 9.90 Å². The van der Waals surface area contributed by atoms with E-state index in [1.165, 1.54) is 6.20 Å². The molecule has 0 spiro atoms. The molecule has 0 aliphatic heterocycles. The van der Waals surface area contributed by atoms with Gasteiger partial charge in [-0.25, -0.2) is 0 Å². The summed E-state index contributed by atoms with van der Waals surface area (Å²) >= 11 is 0. The number of rotatable bonds is 5. The van der Waals surface area contributed by atoms with Crippen molar-refractivity contribution in [3.05, 3.63) is 53.9 Å². The highest BCUT2D eigenvalue weighted by Gasteiger charge is 2.07. The van der Waals surface area contributed by atoms with Gasteiger partial charge in [-0.05, 0) is 23.8 Å². The molecule has 2 aromatic rings. The molecule has 0 saturated carbocycles. The van der Waals surface area contributed by atoms with E-state index < -0.39 is 0 Å². The maximum Gasteiger partial charge on any atom is 0.228 e. The Bertz CT molecular complexity index is 582. The van der Waals surface area contributed by atoms with Crippen molar-refractivity contribution in [3.8, 4) is 5.75 Å². The van der Waals surface area contributed by atoms with E-state index in [2.05, 4.69) is 10.3 Å². The van der Waals surface area contributed by atoms with Crippen LogP contribution >= 0.6 is 0 Å². The average Bonchev–Trinajstić information content (AvgIpc) is 2.48. The number of aromatic nitrogens is 1. The normalized spacial score (nSPS) is 10.1. The lowest BCUT2D eigenvalue weighted by atomic mass is 10.1. The zero-order valence-corrected chi connectivity index (χ0v) is 11.2. The number of carbonyl (C=O) groups excluding carboxylic acids is 1. The van der Waals surface area contributed by atoms with Crippen LogP contribution in [0.25, 0.3) is 0 Å². The standard InChI is InChI=1S/C15H16N2O3/c1-20-13-4-2-11(3-5-13)8-15(19)17-14-9-16-7-6-12(14)10-18/h2-7,9,18H,8,10H2,1H3,(H,17,19). The Labute approximate surface area is 117 Å². The summed E-state index contributed by atoms with van der Waals surface area (Å²) in [6.07, 6.45) is 3.35. The van der Waals surface area contributed by atoms with Gasteiger partial charge in [0.15, 0.2) is 0 Å². The molecule has 0 saturated heterocycles. The van der Waals surface area contributed by atoms with Crippen molar-refractivity contribution in [1.29, 1.82) is 0 Å². The van der Waals surface area contributed by atoms with E-state index >= 15 is 0 Å². The number of nitrogens with zero attached hydrogens (tertiary/aromatic N) is 1. The maximum absolute atomic E-state index is 12.0. The van der Waals surface area contributed by atoms with Crippen LogP contribution in [0.2, 0.25) is 0 Å². The van der Waals surface area contributed by atoms with E-state index in [1.807, 2.05) is 24.3 Å². The second-order valence-electron chi connectivity index (χ2n) is 4.26. The monoisotopic (exact) mass is 272 g/mol. The van der Waals surface area contributed by atoms with Gasteiger partial charge in [-0.15, -0.1) is 0 Å². The highest BCUT2D eigenvalue weighted by Crippen LogP contribution is 2.15. The summed E-state index contributed by atoms with van der Waals surface area (Å²) in [4.78, 5) is 15.9. The highest BCUT2D eigenvalue weighted by molar-refractivity contribution is 5.92. The summed E-state index contributed by atoms with van der Waals surface area (Å²) in [5.74, 6) is 0.599. The number of aliphatic hydroxyl groups is 1. The zero-order chi connectivity index (χ0) is 14.4. The van der Waals surface area contributed by atoms with E-state index in [4.69, 9.17) is 4.74 Å². The van der Waals surface area contributed by atoms with Gasteiger partial charge in [-0.2, -0.15) is 0 Å². The van der Waals surface area contributed by atoms with Crippen LogP contribution in [0.4, 0.5) is 5.69 Å². The van der Waals surface area contributed by atoms with Crippen LogP contribution in [-0.4, -0.2) is 23.1 Å². The van der Waals surface area contributed by atoms with Crippen LogP contribution < -0.4 is 10.1 Å². The molecule has 1 aromatic heterocycles. The molecular formula is C15H16N2O3. The van der Waals surface area contributed by atoms with E-state index in [1.54, 1.807) is 19.4 Å².